The van der Waals surface area contributed by atoms with Crippen molar-refractivity contribution in [3.8, 4) is 0 Å². The summed E-state index contributed by atoms with van der Waals surface area (Å²) in [5, 5.41) is 0. The molecular weight excluding hydrogens is 182 g/mol. The molecule has 0 amide bonds. The van der Waals surface area contributed by atoms with Crippen LogP contribution < -0.4 is 11.5 Å². The van der Waals surface area contributed by atoms with Gasteiger partial charge in [-0.05, 0) is 30.3 Å². The lowest BCUT2D eigenvalue weighted by molar-refractivity contribution is 0.943. The molecule has 0 unspecified atom stereocenters. The van der Waals surface area contributed by atoms with E-state index in [9.17, 15) is 0 Å². The molecule has 0 aliphatic rings. The Labute approximate surface area is 82.9 Å². The Bertz CT molecular complexity index is 235. The van der Waals surface area contributed by atoms with Crippen molar-refractivity contribution in [2.45, 2.75) is 12.2 Å². The highest BCUT2D eigenvalue weighted by molar-refractivity contribution is 7.98. The predicted molar refractivity (Wildman–Crippen MR) is 58.5 cm³/mol. The molecular formula is C9H15N3S. The molecule has 0 aliphatic heterocycles. The first-order valence-corrected chi connectivity index (χ1v) is 5.46. The second kappa shape index (κ2) is 5.83. The maximum absolute atomic E-state index is 5.47. The number of pyridine rings is 1. The molecule has 1 heterocycles. The SMILES string of the molecule is NCCCSCc1ccc(N)nc1. The van der Waals surface area contributed by atoms with E-state index >= 15 is 0 Å². The monoisotopic (exact) mass is 197 g/mol. The Balaban J connectivity index is 2.25. The van der Waals surface area contributed by atoms with Crippen LogP contribution in [0.5, 0.6) is 0 Å². The first kappa shape index (κ1) is 10.3. The molecule has 1 aromatic rings. The van der Waals surface area contributed by atoms with Crippen molar-refractivity contribution in [2.75, 3.05) is 18.0 Å². The molecule has 4 heteroatoms. The van der Waals surface area contributed by atoms with Gasteiger partial charge in [-0.2, -0.15) is 11.8 Å². The highest BCUT2D eigenvalue weighted by Gasteiger charge is 1.93. The second-order valence-electron chi connectivity index (χ2n) is 2.79. The van der Waals surface area contributed by atoms with E-state index in [1.165, 1.54) is 5.56 Å². The molecule has 72 valence electrons. The lowest BCUT2D eigenvalue weighted by Crippen LogP contribution is -1.99. The Morgan fingerprint density at radius 2 is 2.23 bits per heavy atom. The molecule has 0 radical (unpaired) electrons. The van der Waals surface area contributed by atoms with Crippen LogP contribution in [0, 0.1) is 0 Å². The van der Waals surface area contributed by atoms with Gasteiger partial charge in [0.15, 0.2) is 0 Å². The second-order valence-corrected chi connectivity index (χ2v) is 3.89. The zero-order chi connectivity index (χ0) is 9.52. The topological polar surface area (TPSA) is 64.9 Å². The summed E-state index contributed by atoms with van der Waals surface area (Å²) in [4.78, 5) is 4.02. The third-order valence-corrected chi connectivity index (χ3v) is 2.72. The fourth-order valence-electron chi connectivity index (χ4n) is 0.897. The molecule has 0 bridgehead atoms. The smallest absolute Gasteiger partial charge is 0.123 e. The molecule has 0 fully saturated rings. The van der Waals surface area contributed by atoms with Gasteiger partial charge in [0, 0.05) is 11.9 Å². The number of thioether (sulfide) groups is 1. The standard InChI is InChI=1S/C9H15N3S/c10-4-1-5-13-7-8-2-3-9(11)12-6-8/h2-3,6H,1,4-5,7,10H2,(H2,11,12). The molecule has 0 aliphatic carbocycles. The average Bonchev–Trinajstić information content (AvgIpc) is 2.15. The molecule has 0 aromatic carbocycles. The fourth-order valence-corrected chi connectivity index (χ4v) is 1.82. The Morgan fingerprint density at radius 1 is 1.38 bits per heavy atom. The minimum atomic E-state index is 0.579. The van der Waals surface area contributed by atoms with E-state index in [0.717, 1.165) is 24.5 Å². The van der Waals surface area contributed by atoms with E-state index in [2.05, 4.69) is 4.98 Å². The minimum absolute atomic E-state index is 0.579. The van der Waals surface area contributed by atoms with E-state index in [1.54, 1.807) is 0 Å². The predicted octanol–water partition coefficient (Wildman–Crippen LogP) is 1.25. The lowest BCUT2D eigenvalue weighted by atomic mass is 10.3. The van der Waals surface area contributed by atoms with Gasteiger partial charge in [0.25, 0.3) is 0 Å². The summed E-state index contributed by atoms with van der Waals surface area (Å²) in [5.74, 6) is 2.68. The van der Waals surface area contributed by atoms with Crippen LogP contribution in [0.15, 0.2) is 18.3 Å². The highest BCUT2D eigenvalue weighted by atomic mass is 32.2. The minimum Gasteiger partial charge on any atom is -0.384 e. The summed E-state index contributed by atoms with van der Waals surface area (Å²) in [6.45, 7) is 0.771. The number of aromatic nitrogens is 1. The lowest BCUT2D eigenvalue weighted by Gasteiger charge is -2.00. The molecule has 0 saturated heterocycles. The summed E-state index contributed by atoms with van der Waals surface area (Å²) >= 11 is 1.88. The largest absolute Gasteiger partial charge is 0.384 e. The van der Waals surface area contributed by atoms with Gasteiger partial charge in [0.2, 0.25) is 0 Å². The number of nitrogens with zero attached hydrogens (tertiary/aromatic N) is 1. The van der Waals surface area contributed by atoms with E-state index in [0.29, 0.717) is 5.82 Å². The van der Waals surface area contributed by atoms with Gasteiger partial charge in [-0.3, -0.25) is 0 Å². The van der Waals surface area contributed by atoms with Crippen LogP contribution in [0.3, 0.4) is 0 Å². The van der Waals surface area contributed by atoms with E-state index in [-0.39, 0.29) is 0 Å². The van der Waals surface area contributed by atoms with Crippen LogP contribution in [0.4, 0.5) is 5.82 Å². The molecule has 0 atom stereocenters. The van der Waals surface area contributed by atoms with Crippen molar-refractivity contribution in [2.24, 2.45) is 5.73 Å². The van der Waals surface area contributed by atoms with Crippen molar-refractivity contribution in [1.82, 2.24) is 4.98 Å². The van der Waals surface area contributed by atoms with Crippen LogP contribution in [-0.4, -0.2) is 17.3 Å². The van der Waals surface area contributed by atoms with Crippen LogP contribution >= 0.6 is 11.8 Å². The fraction of sp³-hybridized carbons (Fsp3) is 0.444. The van der Waals surface area contributed by atoms with Crippen LogP contribution in [0.1, 0.15) is 12.0 Å². The van der Waals surface area contributed by atoms with Crippen molar-refractivity contribution >= 4 is 17.6 Å². The summed E-state index contributed by atoms with van der Waals surface area (Å²) < 4.78 is 0. The Kier molecular flexibility index (Phi) is 4.64. The first-order valence-electron chi connectivity index (χ1n) is 4.31. The molecule has 1 aromatic heterocycles. The van der Waals surface area contributed by atoms with Gasteiger partial charge in [-0.1, -0.05) is 6.07 Å². The third-order valence-electron chi connectivity index (χ3n) is 1.61. The van der Waals surface area contributed by atoms with Gasteiger partial charge in [0.05, 0.1) is 0 Å². The average molecular weight is 197 g/mol. The van der Waals surface area contributed by atoms with Crippen molar-refractivity contribution in [3.63, 3.8) is 0 Å². The molecule has 0 spiro atoms. The van der Waals surface area contributed by atoms with Crippen molar-refractivity contribution < 1.29 is 0 Å². The number of anilines is 1. The highest BCUT2D eigenvalue weighted by Crippen LogP contribution is 2.12. The van der Waals surface area contributed by atoms with E-state index in [4.69, 9.17) is 11.5 Å². The molecule has 4 N–H and O–H groups in total. The van der Waals surface area contributed by atoms with Crippen LogP contribution in [0.25, 0.3) is 0 Å². The van der Waals surface area contributed by atoms with Gasteiger partial charge in [-0.25, -0.2) is 4.98 Å². The molecule has 0 saturated carbocycles. The molecule has 3 nitrogen and oxygen atoms in total. The zero-order valence-corrected chi connectivity index (χ0v) is 8.39. The maximum Gasteiger partial charge on any atom is 0.123 e. The summed E-state index contributed by atoms with van der Waals surface area (Å²) in [6.07, 6.45) is 2.90. The Morgan fingerprint density at radius 3 is 2.85 bits per heavy atom. The van der Waals surface area contributed by atoms with Gasteiger partial charge in [0.1, 0.15) is 5.82 Å². The molecule has 1 rings (SSSR count). The van der Waals surface area contributed by atoms with Crippen LogP contribution in [-0.2, 0) is 5.75 Å². The van der Waals surface area contributed by atoms with Gasteiger partial charge < -0.3 is 11.5 Å². The van der Waals surface area contributed by atoms with Crippen molar-refractivity contribution in [3.05, 3.63) is 23.9 Å². The van der Waals surface area contributed by atoms with Gasteiger partial charge >= 0.3 is 0 Å². The third kappa shape index (κ3) is 4.15. The van der Waals surface area contributed by atoms with Crippen molar-refractivity contribution in [1.29, 1.82) is 0 Å². The normalized spacial score (nSPS) is 10.2. The molecule has 13 heavy (non-hydrogen) atoms. The number of nitrogen functional groups attached to an aromatic ring is 1. The summed E-state index contributed by atoms with van der Waals surface area (Å²) in [5.41, 5.74) is 12.1. The number of hydrogen-bond acceptors (Lipinski definition) is 4. The van der Waals surface area contributed by atoms with E-state index in [1.807, 2.05) is 30.1 Å². The number of rotatable bonds is 5. The number of nitrogens with two attached hydrogens (primary N) is 2. The zero-order valence-electron chi connectivity index (χ0n) is 7.57. The first-order chi connectivity index (χ1) is 6.33. The maximum atomic E-state index is 5.47. The Hall–Kier alpha value is -0.740. The summed E-state index contributed by atoms with van der Waals surface area (Å²) in [6, 6.07) is 3.84. The van der Waals surface area contributed by atoms with Gasteiger partial charge in [-0.15, -0.1) is 0 Å². The summed E-state index contributed by atoms with van der Waals surface area (Å²) in [7, 11) is 0. The van der Waals surface area contributed by atoms with E-state index < -0.39 is 0 Å². The number of hydrogen-bond donors (Lipinski definition) is 2. The van der Waals surface area contributed by atoms with Crippen LogP contribution in [0.2, 0.25) is 0 Å². The quantitative estimate of drug-likeness (QED) is 0.697.